The molecule has 2 aromatic carbocycles. The fraction of sp³-hybridized carbons (Fsp3) is 0.105. The number of thiazole rings is 1. The Balaban J connectivity index is 1.74. The zero-order valence-corrected chi connectivity index (χ0v) is 15.1. The molecule has 26 heavy (non-hydrogen) atoms. The summed E-state index contributed by atoms with van der Waals surface area (Å²) in [4.78, 5) is 19.9. The van der Waals surface area contributed by atoms with Gasteiger partial charge in [0.25, 0.3) is 0 Å². The number of phenols is 1. The summed E-state index contributed by atoms with van der Waals surface area (Å²) in [6.45, 7) is 1.47. The van der Waals surface area contributed by atoms with Crippen molar-refractivity contribution in [3.63, 3.8) is 0 Å². The number of aromatic hydroxyl groups is 1. The minimum Gasteiger partial charge on any atom is -0.504 e. The fourth-order valence-corrected chi connectivity index (χ4v) is 2.96. The third kappa shape index (κ3) is 4.25. The Bertz CT molecular complexity index is 949. The van der Waals surface area contributed by atoms with Gasteiger partial charge in [-0.1, -0.05) is 12.1 Å². The number of benzene rings is 2. The Morgan fingerprint density at radius 2 is 2.04 bits per heavy atom. The van der Waals surface area contributed by atoms with E-state index in [0.717, 1.165) is 22.5 Å². The van der Waals surface area contributed by atoms with Gasteiger partial charge in [0, 0.05) is 29.8 Å². The van der Waals surface area contributed by atoms with Gasteiger partial charge in [0.1, 0.15) is 0 Å². The second-order valence-corrected chi connectivity index (χ2v) is 6.30. The second kappa shape index (κ2) is 7.79. The van der Waals surface area contributed by atoms with Crippen molar-refractivity contribution in [1.82, 2.24) is 4.98 Å². The average molecular weight is 367 g/mol. The van der Waals surface area contributed by atoms with E-state index in [4.69, 9.17) is 4.74 Å². The lowest BCUT2D eigenvalue weighted by atomic mass is 10.1. The van der Waals surface area contributed by atoms with E-state index in [1.165, 1.54) is 25.4 Å². The normalized spacial score (nSPS) is 10.8. The van der Waals surface area contributed by atoms with Gasteiger partial charge < -0.3 is 15.2 Å². The second-order valence-electron chi connectivity index (χ2n) is 5.46. The quantitative estimate of drug-likeness (QED) is 0.661. The summed E-state index contributed by atoms with van der Waals surface area (Å²) in [5.74, 6) is 0.380. The van der Waals surface area contributed by atoms with Crippen LogP contribution in [0.25, 0.3) is 11.3 Å². The summed E-state index contributed by atoms with van der Waals surface area (Å²) >= 11 is 1.43. The summed E-state index contributed by atoms with van der Waals surface area (Å²) in [7, 11) is 1.50. The van der Waals surface area contributed by atoms with Gasteiger partial charge in [0.2, 0.25) is 11.0 Å². The van der Waals surface area contributed by atoms with Gasteiger partial charge >= 0.3 is 0 Å². The van der Waals surface area contributed by atoms with Gasteiger partial charge in [-0.25, -0.2) is 9.98 Å². The lowest BCUT2D eigenvalue weighted by Gasteiger charge is -2.03. The molecule has 6 nitrogen and oxygen atoms in total. The molecule has 3 aromatic rings. The number of amides is 1. The van der Waals surface area contributed by atoms with Crippen LogP contribution < -0.4 is 10.1 Å². The molecule has 0 saturated heterocycles. The summed E-state index contributed by atoms with van der Waals surface area (Å²) in [5, 5.41) is 14.9. The Hall–Kier alpha value is -3.19. The van der Waals surface area contributed by atoms with Crippen LogP contribution in [0.2, 0.25) is 0 Å². The molecule has 0 atom stereocenters. The minimum atomic E-state index is -0.103. The topological polar surface area (TPSA) is 83.8 Å². The van der Waals surface area contributed by atoms with Crippen molar-refractivity contribution in [2.75, 3.05) is 12.4 Å². The highest BCUT2D eigenvalue weighted by molar-refractivity contribution is 7.13. The van der Waals surface area contributed by atoms with Crippen molar-refractivity contribution in [2.45, 2.75) is 6.92 Å². The van der Waals surface area contributed by atoms with E-state index < -0.39 is 0 Å². The highest BCUT2D eigenvalue weighted by atomic mass is 32.1. The lowest BCUT2D eigenvalue weighted by Crippen LogP contribution is -2.05. The van der Waals surface area contributed by atoms with Crippen molar-refractivity contribution in [3.8, 4) is 22.8 Å². The number of hydrogen-bond acceptors (Lipinski definition) is 6. The predicted octanol–water partition coefficient (Wildman–Crippen LogP) is 4.23. The van der Waals surface area contributed by atoms with E-state index in [-0.39, 0.29) is 11.7 Å². The third-order valence-electron chi connectivity index (χ3n) is 3.52. The maximum Gasteiger partial charge on any atom is 0.221 e. The zero-order valence-electron chi connectivity index (χ0n) is 14.3. The van der Waals surface area contributed by atoms with E-state index in [9.17, 15) is 9.90 Å². The van der Waals surface area contributed by atoms with Crippen LogP contribution in [0.15, 0.2) is 52.8 Å². The van der Waals surface area contributed by atoms with Gasteiger partial charge in [-0.3, -0.25) is 4.79 Å². The highest BCUT2D eigenvalue weighted by Gasteiger charge is 2.05. The number of nitrogens with zero attached hydrogens (tertiary/aromatic N) is 2. The Morgan fingerprint density at radius 1 is 1.27 bits per heavy atom. The highest BCUT2D eigenvalue weighted by Crippen LogP contribution is 2.28. The standard InChI is InChI=1S/C19H17N3O3S/c1-12(23)21-15-6-4-14(5-7-15)16-11-26-19(22-16)20-10-13-3-8-17(24)18(9-13)25-2/h3-11,24H,1-2H3,(H,21,23)/b20-10+. The van der Waals surface area contributed by atoms with Crippen LogP contribution in [0.4, 0.5) is 10.8 Å². The molecule has 1 aromatic heterocycles. The van der Waals surface area contributed by atoms with Crippen LogP contribution in [0, 0.1) is 0 Å². The lowest BCUT2D eigenvalue weighted by molar-refractivity contribution is -0.114. The van der Waals surface area contributed by atoms with Crippen LogP contribution in [-0.4, -0.2) is 29.3 Å². The van der Waals surface area contributed by atoms with Crippen LogP contribution in [0.5, 0.6) is 11.5 Å². The van der Waals surface area contributed by atoms with Gasteiger partial charge in [-0.15, -0.1) is 11.3 Å². The average Bonchev–Trinajstić information content (AvgIpc) is 3.10. The molecular weight excluding hydrogens is 350 g/mol. The first-order valence-electron chi connectivity index (χ1n) is 7.80. The molecule has 0 aliphatic carbocycles. The number of carbonyl (C=O) groups is 1. The molecule has 7 heteroatoms. The summed E-state index contributed by atoms with van der Waals surface area (Å²) in [5.41, 5.74) is 3.31. The van der Waals surface area contributed by atoms with E-state index in [1.807, 2.05) is 29.6 Å². The van der Waals surface area contributed by atoms with E-state index in [1.54, 1.807) is 24.4 Å². The first-order chi connectivity index (χ1) is 12.5. The Labute approximate surface area is 154 Å². The molecular formula is C19H17N3O3S. The van der Waals surface area contributed by atoms with Crippen molar-refractivity contribution in [1.29, 1.82) is 0 Å². The van der Waals surface area contributed by atoms with Crippen LogP contribution >= 0.6 is 11.3 Å². The molecule has 0 unspecified atom stereocenters. The number of hydrogen-bond donors (Lipinski definition) is 2. The van der Waals surface area contributed by atoms with Crippen LogP contribution in [0.3, 0.4) is 0 Å². The van der Waals surface area contributed by atoms with Gasteiger partial charge in [0.05, 0.1) is 12.8 Å². The largest absolute Gasteiger partial charge is 0.504 e. The molecule has 0 spiro atoms. The molecule has 0 radical (unpaired) electrons. The van der Waals surface area contributed by atoms with Crippen molar-refractivity contribution < 1.29 is 14.6 Å². The monoisotopic (exact) mass is 367 g/mol. The molecule has 3 rings (SSSR count). The minimum absolute atomic E-state index is 0.0869. The van der Waals surface area contributed by atoms with E-state index in [2.05, 4.69) is 15.3 Å². The molecule has 0 saturated carbocycles. The molecule has 2 N–H and O–H groups in total. The first-order valence-corrected chi connectivity index (χ1v) is 8.68. The molecule has 0 bridgehead atoms. The number of aromatic nitrogens is 1. The Kier molecular flexibility index (Phi) is 5.28. The Morgan fingerprint density at radius 3 is 2.73 bits per heavy atom. The molecule has 0 aliphatic rings. The number of carbonyl (C=O) groups excluding carboxylic acids is 1. The SMILES string of the molecule is COc1cc(/C=N/c2nc(-c3ccc(NC(C)=O)cc3)cs2)ccc1O. The maximum absolute atomic E-state index is 11.1. The van der Waals surface area contributed by atoms with Gasteiger partial charge in [-0.05, 0) is 35.9 Å². The number of ether oxygens (including phenoxy) is 1. The smallest absolute Gasteiger partial charge is 0.221 e. The van der Waals surface area contributed by atoms with E-state index in [0.29, 0.717) is 10.9 Å². The summed E-state index contributed by atoms with van der Waals surface area (Å²) < 4.78 is 5.08. The molecule has 0 fully saturated rings. The molecule has 1 heterocycles. The number of aliphatic imine (C=N–C) groups is 1. The van der Waals surface area contributed by atoms with Gasteiger partial charge in [0.15, 0.2) is 11.5 Å². The zero-order chi connectivity index (χ0) is 18.5. The van der Waals surface area contributed by atoms with Crippen molar-refractivity contribution in [3.05, 3.63) is 53.4 Å². The summed E-state index contributed by atoms with van der Waals surface area (Å²) in [6, 6.07) is 12.5. The number of anilines is 1. The van der Waals surface area contributed by atoms with Crippen LogP contribution in [-0.2, 0) is 4.79 Å². The third-order valence-corrected chi connectivity index (χ3v) is 4.27. The number of phenolic OH excluding ortho intramolecular Hbond substituents is 1. The fourth-order valence-electron chi connectivity index (χ4n) is 2.29. The number of methoxy groups -OCH3 is 1. The summed E-state index contributed by atoms with van der Waals surface area (Å²) in [6.07, 6.45) is 1.67. The van der Waals surface area contributed by atoms with Crippen LogP contribution in [0.1, 0.15) is 12.5 Å². The molecule has 132 valence electrons. The van der Waals surface area contributed by atoms with Crippen molar-refractivity contribution in [2.24, 2.45) is 4.99 Å². The molecule has 1 amide bonds. The first kappa shape index (κ1) is 17.6. The number of nitrogens with one attached hydrogen (secondary N) is 1. The predicted molar refractivity (Wildman–Crippen MR) is 104 cm³/mol. The maximum atomic E-state index is 11.1. The number of rotatable bonds is 5. The van der Waals surface area contributed by atoms with Gasteiger partial charge in [-0.2, -0.15) is 0 Å². The van der Waals surface area contributed by atoms with E-state index >= 15 is 0 Å². The molecule has 0 aliphatic heterocycles. The van der Waals surface area contributed by atoms with Crippen molar-refractivity contribution >= 4 is 34.3 Å².